The monoisotopic (exact) mass is 979 g/mol. The van der Waals surface area contributed by atoms with Crippen LogP contribution in [-0.4, -0.2) is 0 Å². The van der Waals surface area contributed by atoms with Crippen LogP contribution in [0.1, 0.15) is 44.5 Å². The lowest BCUT2D eigenvalue weighted by atomic mass is 9.70. The summed E-state index contributed by atoms with van der Waals surface area (Å²) in [6.45, 7) is 0. The molecule has 0 amide bonds. The van der Waals surface area contributed by atoms with E-state index in [0.29, 0.717) is 17.2 Å². The van der Waals surface area contributed by atoms with Crippen molar-refractivity contribution in [3.8, 4) is 89.8 Å². The molecular formula is C74H45NO2. The molecule has 2 spiro atoms. The summed E-state index contributed by atoms with van der Waals surface area (Å²) in [6, 6.07) is 100. The molecule has 12 aromatic rings. The van der Waals surface area contributed by atoms with Crippen LogP contribution in [0.25, 0.3) is 66.8 Å². The minimum absolute atomic E-state index is 0.355. The fourth-order valence-corrected chi connectivity index (χ4v) is 14.3. The van der Waals surface area contributed by atoms with Gasteiger partial charge in [0, 0.05) is 17.1 Å². The number of para-hydroxylation sites is 1. The first-order valence-electron chi connectivity index (χ1n) is 26.6. The molecule has 0 bridgehead atoms. The Hall–Kier alpha value is -9.96. The molecule has 0 unspecified atom stereocenters. The maximum absolute atomic E-state index is 6.97. The summed E-state index contributed by atoms with van der Waals surface area (Å²) in [5.41, 5.74) is 27.6. The summed E-state index contributed by atoms with van der Waals surface area (Å²) in [4.78, 5) is 2.34. The van der Waals surface area contributed by atoms with Crippen molar-refractivity contribution in [2.24, 2.45) is 0 Å². The summed E-state index contributed by atoms with van der Waals surface area (Å²) in [5.74, 6) is 2.82. The number of rotatable bonds is 5. The molecule has 0 saturated heterocycles. The third-order valence-electron chi connectivity index (χ3n) is 17.4. The van der Waals surface area contributed by atoms with Gasteiger partial charge in [-0.25, -0.2) is 0 Å². The lowest BCUT2D eigenvalue weighted by Crippen LogP contribution is -2.25. The van der Waals surface area contributed by atoms with Crippen LogP contribution < -0.4 is 14.4 Å². The van der Waals surface area contributed by atoms with Crippen molar-refractivity contribution in [1.29, 1.82) is 0 Å². The molecule has 12 aromatic carbocycles. The van der Waals surface area contributed by atoms with Gasteiger partial charge < -0.3 is 14.4 Å². The Morgan fingerprint density at radius 3 is 1.16 bits per heavy atom. The van der Waals surface area contributed by atoms with Gasteiger partial charge in [-0.05, 0) is 178 Å². The molecular weight excluding hydrogens is 935 g/mol. The Kier molecular flexibility index (Phi) is 8.69. The van der Waals surface area contributed by atoms with Crippen molar-refractivity contribution in [3.63, 3.8) is 0 Å². The highest BCUT2D eigenvalue weighted by atomic mass is 16.6. The van der Waals surface area contributed by atoms with Crippen LogP contribution in [0.2, 0.25) is 0 Å². The summed E-state index contributed by atoms with van der Waals surface area (Å²) in [6.07, 6.45) is 0. The number of hydrogen-bond acceptors (Lipinski definition) is 3. The van der Waals surface area contributed by atoms with Crippen LogP contribution in [-0.2, 0) is 10.8 Å². The average Bonchev–Trinajstić information content (AvgIpc) is 4.34. The number of benzene rings is 12. The summed E-state index contributed by atoms with van der Waals surface area (Å²) >= 11 is 0. The second kappa shape index (κ2) is 15.8. The fourth-order valence-electron chi connectivity index (χ4n) is 14.3. The molecule has 4 aliphatic carbocycles. The molecule has 1 aliphatic heterocycles. The van der Waals surface area contributed by atoms with E-state index in [2.05, 4.69) is 272 Å². The standard InChI is InChI=1S/C74H45NO2/c1-2-18-50(19-3-1)75(51-37-33-46(34-38-51)48-35-39-67-59(42-48)57-25-8-14-31-65(57)73(67)61-27-10-4-21-53(61)54-22-5-11-28-62(54)73)52-20-16-17-47(41-52)49-36-40-69-70(43-49)77-72-45-68-60(44-71(72)76-69)58-26-9-15-32-66(58)74(68)63-29-12-6-23-55(63)56-24-7-13-30-64(56)74/h1-45H. The number of ether oxygens (including phenoxy) is 2. The highest BCUT2D eigenvalue weighted by Crippen LogP contribution is 2.66. The maximum atomic E-state index is 6.97. The first-order chi connectivity index (χ1) is 38.2. The summed E-state index contributed by atoms with van der Waals surface area (Å²) < 4.78 is 13.7. The van der Waals surface area contributed by atoms with Gasteiger partial charge in [0.15, 0.2) is 23.0 Å². The predicted octanol–water partition coefficient (Wildman–Crippen LogP) is 19.1. The third kappa shape index (κ3) is 5.70. The molecule has 0 atom stereocenters. The quantitative estimate of drug-likeness (QED) is 0.172. The normalized spacial score (nSPS) is 14.1. The Morgan fingerprint density at radius 2 is 0.584 bits per heavy atom. The molecule has 0 aromatic heterocycles. The van der Waals surface area contributed by atoms with E-state index >= 15 is 0 Å². The number of hydrogen-bond donors (Lipinski definition) is 0. The van der Waals surface area contributed by atoms with E-state index in [9.17, 15) is 0 Å². The molecule has 1 heterocycles. The SMILES string of the molecule is c1ccc(N(c2ccc(-c3ccc4c(c3)-c3ccccc3C43c4ccccc4-c4ccccc43)cc2)c2cccc(-c3ccc4c(c3)Oc3cc5c(cc3O4)-c3ccccc3C53c4ccccc4-c4ccccc43)c2)cc1. The van der Waals surface area contributed by atoms with Gasteiger partial charge in [-0.3, -0.25) is 0 Å². The number of nitrogens with zero attached hydrogens (tertiary/aromatic N) is 1. The van der Waals surface area contributed by atoms with Crippen molar-refractivity contribution in [2.75, 3.05) is 4.90 Å². The molecule has 0 saturated carbocycles. The van der Waals surface area contributed by atoms with Gasteiger partial charge in [0.05, 0.1) is 10.8 Å². The first kappa shape index (κ1) is 42.4. The van der Waals surface area contributed by atoms with Gasteiger partial charge >= 0.3 is 0 Å². The predicted molar refractivity (Wildman–Crippen MR) is 311 cm³/mol. The summed E-state index contributed by atoms with van der Waals surface area (Å²) in [7, 11) is 0. The van der Waals surface area contributed by atoms with Crippen molar-refractivity contribution >= 4 is 17.1 Å². The van der Waals surface area contributed by atoms with E-state index in [1.807, 2.05) is 6.07 Å². The molecule has 77 heavy (non-hydrogen) atoms. The zero-order valence-corrected chi connectivity index (χ0v) is 41.7. The van der Waals surface area contributed by atoms with Gasteiger partial charge in [0.25, 0.3) is 0 Å². The van der Waals surface area contributed by atoms with E-state index in [1.165, 1.54) is 100 Å². The highest BCUT2D eigenvalue weighted by molar-refractivity contribution is 5.98. The highest BCUT2D eigenvalue weighted by Gasteiger charge is 2.53. The second-order valence-corrected chi connectivity index (χ2v) is 21.0. The number of fused-ring (bicyclic) bond motifs is 22. The topological polar surface area (TPSA) is 21.7 Å². The fraction of sp³-hybridized carbons (Fsp3) is 0.0270. The van der Waals surface area contributed by atoms with Crippen LogP contribution >= 0.6 is 0 Å². The minimum atomic E-state index is -0.472. The third-order valence-corrected chi connectivity index (χ3v) is 17.4. The lowest BCUT2D eigenvalue weighted by molar-refractivity contribution is 0.359. The molecule has 5 aliphatic rings. The Morgan fingerprint density at radius 1 is 0.208 bits per heavy atom. The number of anilines is 3. The van der Waals surface area contributed by atoms with Gasteiger partial charge in [-0.1, -0.05) is 206 Å². The van der Waals surface area contributed by atoms with Crippen molar-refractivity contribution in [1.82, 2.24) is 0 Å². The van der Waals surface area contributed by atoms with Crippen LogP contribution in [0.15, 0.2) is 273 Å². The Balaban J connectivity index is 0.714. The second-order valence-electron chi connectivity index (χ2n) is 21.0. The maximum Gasteiger partial charge on any atom is 0.170 e. The van der Waals surface area contributed by atoms with E-state index in [-0.39, 0.29) is 5.41 Å². The molecule has 0 fully saturated rings. The van der Waals surface area contributed by atoms with E-state index in [1.54, 1.807) is 0 Å². The average molecular weight is 980 g/mol. The van der Waals surface area contributed by atoms with E-state index in [4.69, 9.17) is 9.47 Å². The minimum Gasteiger partial charge on any atom is -0.449 e. The van der Waals surface area contributed by atoms with Crippen LogP contribution in [0, 0.1) is 0 Å². The summed E-state index contributed by atoms with van der Waals surface area (Å²) in [5, 5.41) is 0. The van der Waals surface area contributed by atoms with E-state index in [0.717, 1.165) is 33.9 Å². The van der Waals surface area contributed by atoms with Crippen LogP contribution in [0.3, 0.4) is 0 Å². The van der Waals surface area contributed by atoms with E-state index < -0.39 is 5.41 Å². The lowest BCUT2D eigenvalue weighted by Gasteiger charge is -2.31. The Labute approximate surface area is 447 Å². The zero-order chi connectivity index (χ0) is 50.4. The van der Waals surface area contributed by atoms with Crippen LogP contribution in [0.4, 0.5) is 17.1 Å². The van der Waals surface area contributed by atoms with Crippen molar-refractivity contribution in [3.05, 3.63) is 317 Å². The van der Waals surface area contributed by atoms with Gasteiger partial charge in [0.1, 0.15) is 0 Å². The largest absolute Gasteiger partial charge is 0.449 e. The molecule has 0 radical (unpaired) electrons. The molecule has 3 heteroatoms. The molecule has 17 rings (SSSR count). The molecule has 0 N–H and O–H groups in total. The van der Waals surface area contributed by atoms with Crippen molar-refractivity contribution in [2.45, 2.75) is 10.8 Å². The molecule has 3 nitrogen and oxygen atoms in total. The first-order valence-corrected chi connectivity index (χ1v) is 26.6. The smallest absolute Gasteiger partial charge is 0.170 e. The zero-order valence-electron chi connectivity index (χ0n) is 41.7. The Bertz CT molecular complexity index is 4380. The molecule has 358 valence electrons. The van der Waals surface area contributed by atoms with Crippen molar-refractivity contribution < 1.29 is 9.47 Å². The van der Waals surface area contributed by atoms with Gasteiger partial charge in [-0.15, -0.1) is 0 Å². The van der Waals surface area contributed by atoms with Gasteiger partial charge in [0.2, 0.25) is 0 Å². The van der Waals surface area contributed by atoms with Gasteiger partial charge in [-0.2, -0.15) is 0 Å². The van der Waals surface area contributed by atoms with Crippen LogP contribution in [0.5, 0.6) is 23.0 Å².